The molecule has 0 aliphatic rings. The minimum atomic E-state index is -0.492. The smallest absolute Gasteiger partial charge is 0.310 e. The van der Waals surface area contributed by atoms with E-state index in [0.29, 0.717) is 30.2 Å². The van der Waals surface area contributed by atoms with Crippen molar-refractivity contribution in [3.8, 4) is 11.5 Å². The number of methoxy groups -OCH3 is 3. The number of esters is 1. The Balaban J connectivity index is 2.43. The second-order valence-electron chi connectivity index (χ2n) is 4.37. The minimum Gasteiger partial charge on any atom is -0.493 e. The number of hydrogen-bond donors (Lipinski definition) is 1. The van der Waals surface area contributed by atoms with Crippen LogP contribution < -0.4 is 14.8 Å². The van der Waals surface area contributed by atoms with Gasteiger partial charge in [-0.25, -0.2) is 0 Å². The first-order chi connectivity index (χ1) is 10.6. The van der Waals surface area contributed by atoms with Crippen LogP contribution in [0.4, 0.5) is 0 Å². The van der Waals surface area contributed by atoms with E-state index in [2.05, 4.69) is 5.32 Å². The van der Waals surface area contributed by atoms with E-state index < -0.39 is 5.97 Å². The van der Waals surface area contributed by atoms with E-state index in [4.69, 9.17) is 18.9 Å². The van der Waals surface area contributed by atoms with Crippen molar-refractivity contribution in [2.24, 2.45) is 0 Å². The van der Waals surface area contributed by atoms with Crippen molar-refractivity contribution in [3.63, 3.8) is 0 Å². The van der Waals surface area contributed by atoms with Crippen molar-refractivity contribution >= 4 is 11.9 Å². The fraction of sp³-hybridized carbons (Fsp3) is 0.467. The van der Waals surface area contributed by atoms with Crippen LogP contribution in [0.25, 0.3) is 0 Å². The Morgan fingerprint density at radius 3 is 2.45 bits per heavy atom. The van der Waals surface area contributed by atoms with Crippen LogP contribution in [0.15, 0.2) is 18.2 Å². The predicted octanol–water partition coefficient (Wildman–Crippen LogP) is 0.552. The average Bonchev–Trinajstić information content (AvgIpc) is 2.53. The van der Waals surface area contributed by atoms with E-state index in [0.717, 1.165) is 0 Å². The topological polar surface area (TPSA) is 83.1 Å². The Morgan fingerprint density at radius 2 is 1.82 bits per heavy atom. The van der Waals surface area contributed by atoms with Crippen molar-refractivity contribution < 1.29 is 28.5 Å². The molecule has 1 aromatic rings. The van der Waals surface area contributed by atoms with Gasteiger partial charge in [0.2, 0.25) is 0 Å². The molecule has 122 valence electrons. The Labute approximate surface area is 129 Å². The zero-order chi connectivity index (χ0) is 16.4. The van der Waals surface area contributed by atoms with E-state index in [1.54, 1.807) is 18.2 Å². The predicted molar refractivity (Wildman–Crippen MR) is 79.1 cm³/mol. The molecule has 0 fully saturated rings. The molecule has 7 nitrogen and oxygen atoms in total. The van der Waals surface area contributed by atoms with Gasteiger partial charge in [-0.1, -0.05) is 6.07 Å². The molecular formula is C15H21NO6. The summed E-state index contributed by atoms with van der Waals surface area (Å²) in [6.45, 7) is 0.476. The van der Waals surface area contributed by atoms with Crippen molar-refractivity contribution in [1.82, 2.24) is 5.32 Å². The maximum Gasteiger partial charge on any atom is 0.310 e. The van der Waals surface area contributed by atoms with Gasteiger partial charge >= 0.3 is 5.97 Å². The Morgan fingerprint density at radius 1 is 1.09 bits per heavy atom. The van der Waals surface area contributed by atoms with E-state index in [1.807, 2.05) is 0 Å². The summed E-state index contributed by atoms with van der Waals surface area (Å²) >= 11 is 0. The zero-order valence-electron chi connectivity index (χ0n) is 13.0. The summed E-state index contributed by atoms with van der Waals surface area (Å²) in [6, 6.07) is 5.14. The Hall–Kier alpha value is -2.28. The molecule has 0 spiro atoms. The third-order valence-electron chi connectivity index (χ3n) is 2.79. The van der Waals surface area contributed by atoms with Gasteiger partial charge in [-0.3, -0.25) is 9.59 Å². The number of nitrogens with one attached hydrogen (secondary N) is 1. The number of hydrogen-bond acceptors (Lipinski definition) is 6. The summed E-state index contributed by atoms with van der Waals surface area (Å²) in [5.41, 5.74) is 0.711. The summed E-state index contributed by atoms with van der Waals surface area (Å²) in [7, 11) is 4.59. The lowest BCUT2D eigenvalue weighted by molar-refractivity contribution is -0.147. The number of carbonyl (C=O) groups excluding carboxylic acids is 2. The maximum absolute atomic E-state index is 11.7. The summed E-state index contributed by atoms with van der Waals surface area (Å²) < 4.78 is 20.0. The molecule has 0 saturated carbocycles. The van der Waals surface area contributed by atoms with Crippen molar-refractivity contribution in [3.05, 3.63) is 23.8 Å². The molecule has 0 aromatic heterocycles. The number of rotatable bonds is 9. The van der Waals surface area contributed by atoms with Crippen LogP contribution >= 0.6 is 0 Å². The first-order valence-electron chi connectivity index (χ1n) is 6.72. The van der Waals surface area contributed by atoms with Crippen LogP contribution in [0.1, 0.15) is 5.56 Å². The highest BCUT2D eigenvalue weighted by atomic mass is 16.5. The van der Waals surface area contributed by atoms with Gasteiger partial charge in [-0.05, 0) is 17.7 Å². The quantitative estimate of drug-likeness (QED) is 0.530. The highest BCUT2D eigenvalue weighted by Gasteiger charge is 2.11. The van der Waals surface area contributed by atoms with Crippen molar-refractivity contribution in [2.75, 3.05) is 41.1 Å². The molecule has 22 heavy (non-hydrogen) atoms. The summed E-state index contributed by atoms with van der Waals surface area (Å²) in [5, 5.41) is 2.56. The number of ether oxygens (including phenoxy) is 4. The van der Waals surface area contributed by atoms with Gasteiger partial charge in [-0.15, -0.1) is 0 Å². The van der Waals surface area contributed by atoms with E-state index >= 15 is 0 Å². The molecule has 0 unspecified atom stereocenters. The highest BCUT2D eigenvalue weighted by Crippen LogP contribution is 2.27. The summed E-state index contributed by atoms with van der Waals surface area (Å²) in [6.07, 6.45) is 0.0473. The SMILES string of the molecule is COCCNC(=O)COC(=O)Cc1ccc(OC)c(OC)c1. The van der Waals surface area contributed by atoms with E-state index in [1.165, 1.54) is 21.3 Å². The van der Waals surface area contributed by atoms with Crippen molar-refractivity contribution in [1.29, 1.82) is 0 Å². The second-order valence-corrected chi connectivity index (χ2v) is 4.37. The van der Waals surface area contributed by atoms with Crippen LogP contribution in [0, 0.1) is 0 Å². The largest absolute Gasteiger partial charge is 0.493 e. The number of carbonyl (C=O) groups is 2. The third kappa shape index (κ3) is 6.01. The first kappa shape index (κ1) is 17.8. The molecule has 0 aliphatic heterocycles. The second kappa shape index (κ2) is 9.62. The lowest BCUT2D eigenvalue weighted by atomic mass is 10.1. The van der Waals surface area contributed by atoms with Crippen LogP contribution in [0.2, 0.25) is 0 Å². The van der Waals surface area contributed by atoms with Gasteiger partial charge in [0.05, 0.1) is 27.2 Å². The molecular weight excluding hydrogens is 290 g/mol. The molecule has 0 saturated heterocycles. The van der Waals surface area contributed by atoms with Gasteiger partial charge in [0, 0.05) is 13.7 Å². The van der Waals surface area contributed by atoms with Crippen LogP contribution in [-0.4, -0.2) is 53.0 Å². The number of benzene rings is 1. The molecule has 1 N–H and O–H groups in total. The lowest BCUT2D eigenvalue weighted by Gasteiger charge is -2.09. The van der Waals surface area contributed by atoms with Crippen LogP contribution in [0.3, 0.4) is 0 Å². The van der Waals surface area contributed by atoms with Gasteiger partial charge in [0.1, 0.15) is 0 Å². The first-order valence-corrected chi connectivity index (χ1v) is 6.72. The molecule has 1 rings (SSSR count). The fourth-order valence-electron chi connectivity index (χ4n) is 1.70. The summed E-state index contributed by atoms with van der Waals surface area (Å²) in [4.78, 5) is 23.1. The van der Waals surface area contributed by atoms with Gasteiger partial charge < -0.3 is 24.3 Å². The van der Waals surface area contributed by atoms with Crippen LogP contribution in [0.5, 0.6) is 11.5 Å². The van der Waals surface area contributed by atoms with Gasteiger partial charge in [-0.2, -0.15) is 0 Å². The number of amides is 1. The minimum absolute atomic E-state index is 0.0473. The standard InChI is InChI=1S/C15H21NO6/c1-19-7-6-16-14(17)10-22-15(18)9-11-4-5-12(20-2)13(8-11)21-3/h4-5,8H,6-7,9-10H2,1-3H3,(H,16,17). The van der Waals surface area contributed by atoms with Gasteiger partial charge in [0.15, 0.2) is 18.1 Å². The molecule has 0 heterocycles. The molecule has 7 heteroatoms. The van der Waals surface area contributed by atoms with E-state index in [9.17, 15) is 9.59 Å². The third-order valence-corrected chi connectivity index (χ3v) is 2.79. The summed E-state index contributed by atoms with van der Waals surface area (Å²) in [5.74, 6) is 0.258. The average molecular weight is 311 g/mol. The van der Waals surface area contributed by atoms with Crippen LogP contribution in [-0.2, 0) is 25.5 Å². The Bertz CT molecular complexity index is 503. The maximum atomic E-state index is 11.7. The normalized spacial score (nSPS) is 9.95. The van der Waals surface area contributed by atoms with E-state index in [-0.39, 0.29) is 18.9 Å². The highest BCUT2D eigenvalue weighted by molar-refractivity contribution is 5.81. The van der Waals surface area contributed by atoms with Gasteiger partial charge in [0.25, 0.3) is 5.91 Å². The molecule has 1 aromatic carbocycles. The van der Waals surface area contributed by atoms with Crippen molar-refractivity contribution in [2.45, 2.75) is 6.42 Å². The molecule has 0 aliphatic carbocycles. The molecule has 0 radical (unpaired) electrons. The molecule has 1 amide bonds. The fourth-order valence-corrected chi connectivity index (χ4v) is 1.70. The zero-order valence-corrected chi connectivity index (χ0v) is 13.0. The molecule has 0 atom stereocenters. The molecule has 0 bridgehead atoms. The Kier molecular flexibility index (Phi) is 7.77. The monoisotopic (exact) mass is 311 g/mol. The lowest BCUT2D eigenvalue weighted by Crippen LogP contribution is -2.31.